The Balaban J connectivity index is 1.47. The van der Waals surface area contributed by atoms with Crippen LogP contribution < -0.4 is 0 Å². The fraction of sp³-hybridized carbons (Fsp3) is 0.379. The standard InChI is InChI=1S/C29H34N2O3S/c1-23-16-18-35-27(23)21-30(19-25-11-6-3-7-12-25)29(33)22-31(20-26-13-8-17-34-26)28(32)15-14-24-9-4-2-5-10-24/h2-7,9-12,16,18,26H,8,13-15,17,19-22H2,1H3. The van der Waals surface area contributed by atoms with Gasteiger partial charge in [-0.3, -0.25) is 9.59 Å². The van der Waals surface area contributed by atoms with E-state index in [0.29, 0.717) is 32.5 Å². The maximum Gasteiger partial charge on any atom is 0.242 e. The van der Waals surface area contributed by atoms with Crippen molar-refractivity contribution in [1.82, 2.24) is 9.80 Å². The molecule has 1 fully saturated rings. The van der Waals surface area contributed by atoms with E-state index >= 15 is 0 Å². The zero-order valence-electron chi connectivity index (χ0n) is 20.4. The number of ether oxygens (including phenoxy) is 1. The molecule has 1 saturated heterocycles. The van der Waals surface area contributed by atoms with Crippen LogP contribution in [-0.4, -0.2) is 47.4 Å². The van der Waals surface area contributed by atoms with Gasteiger partial charge in [-0.15, -0.1) is 11.3 Å². The summed E-state index contributed by atoms with van der Waals surface area (Å²) in [6, 6.07) is 22.1. The van der Waals surface area contributed by atoms with Crippen LogP contribution in [0.5, 0.6) is 0 Å². The predicted octanol–water partition coefficient (Wildman–Crippen LogP) is 5.23. The number of thiophene rings is 1. The first-order valence-corrected chi connectivity index (χ1v) is 13.2. The molecular weight excluding hydrogens is 456 g/mol. The van der Waals surface area contributed by atoms with Crippen LogP contribution in [0, 0.1) is 6.92 Å². The molecule has 0 spiro atoms. The molecular formula is C29H34N2O3S. The molecule has 0 N–H and O–H groups in total. The summed E-state index contributed by atoms with van der Waals surface area (Å²) in [6.45, 7) is 4.41. The summed E-state index contributed by atoms with van der Waals surface area (Å²) in [5, 5.41) is 2.06. The summed E-state index contributed by atoms with van der Waals surface area (Å²) >= 11 is 1.67. The molecule has 1 atom stereocenters. The van der Waals surface area contributed by atoms with Crippen molar-refractivity contribution in [2.75, 3.05) is 19.7 Å². The van der Waals surface area contributed by atoms with Crippen molar-refractivity contribution < 1.29 is 14.3 Å². The highest BCUT2D eigenvalue weighted by Gasteiger charge is 2.26. The minimum Gasteiger partial charge on any atom is -0.376 e. The third-order valence-electron chi connectivity index (χ3n) is 6.47. The lowest BCUT2D eigenvalue weighted by molar-refractivity contribution is -0.142. The van der Waals surface area contributed by atoms with Crippen LogP contribution in [-0.2, 0) is 33.8 Å². The normalized spacial score (nSPS) is 15.2. The number of aryl methyl sites for hydroxylation is 2. The van der Waals surface area contributed by atoms with Gasteiger partial charge in [0.2, 0.25) is 11.8 Å². The first-order chi connectivity index (χ1) is 17.1. The Morgan fingerprint density at radius 2 is 1.63 bits per heavy atom. The quantitative estimate of drug-likeness (QED) is 0.370. The molecule has 1 aliphatic heterocycles. The van der Waals surface area contributed by atoms with E-state index in [0.717, 1.165) is 30.6 Å². The number of hydrogen-bond donors (Lipinski definition) is 0. The largest absolute Gasteiger partial charge is 0.376 e. The molecule has 6 heteroatoms. The SMILES string of the molecule is Cc1ccsc1CN(Cc1ccccc1)C(=O)CN(CC1CCCO1)C(=O)CCc1ccccc1. The molecule has 1 aromatic heterocycles. The van der Waals surface area contributed by atoms with Gasteiger partial charge in [-0.05, 0) is 54.3 Å². The molecule has 1 aliphatic rings. The molecule has 0 radical (unpaired) electrons. The summed E-state index contributed by atoms with van der Waals surface area (Å²) in [6.07, 6.45) is 2.98. The Morgan fingerprint density at radius 1 is 0.914 bits per heavy atom. The first-order valence-electron chi connectivity index (χ1n) is 12.4. The molecule has 1 unspecified atom stereocenters. The fourth-order valence-corrected chi connectivity index (χ4v) is 5.30. The molecule has 4 rings (SSSR count). The average molecular weight is 491 g/mol. The van der Waals surface area contributed by atoms with Gasteiger partial charge in [0.15, 0.2) is 0 Å². The Kier molecular flexibility index (Phi) is 9.09. The molecule has 2 heterocycles. The van der Waals surface area contributed by atoms with Gasteiger partial charge in [-0.2, -0.15) is 0 Å². The van der Waals surface area contributed by atoms with Gasteiger partial charge >= 0.3 is 0 Å². The Bertz CT molecular complexity index is 1080. The Hall–Kier alpha value is -2.96. The van der Waals surface area contributed by atoms with Crippen LogP contribution in [0.4, 0.5) is 0 Å². The molecule has 2 amide bonds. The Labute approximate surface area is 212 Å². The summed E-state index contributed by atoms with van der Waals surface area (Å²) < 4.78 is 5.82. The lowest BCUT2D eigenvalue weighted by Gasteiger charge is -2.29. The van der Waals surface area contributed by atoms with Crippen molar-refractivity contribution in [2.24, 2.45) is 0 Å². The van der Waals surface area contributed by atoms with E-state index in [2.05, 4.69) is 18.4 Å². The minimum absolute atomic E-state index is 0.00432. The zero-order valence-corrected chi connectivity index (χ0v) is 21.2. The smallest absolute Gasteiger partial charge is 0.242 e. The molecule has 184 valence electrons. The third kappa shape index (κ3) is 7.51. The summed E-state index contributed by atoms with van der Waals surface area (Å²) in [4.78, 5) is 31.7. The van der Waals surface area contributed by atoms with Crippen molar-refractivity contribution in [3.8, 4) is 0 Å². The molecule has 0 saturated carbocycles. The van der Waals surface area contributed by atoms with E-state index in [4.69, 9.17) is 4.74 Å². The van der Waals surface area contributed by atoms with Gasteiger partial charge in [0, 0.05) is 31.0 Å². The highest BCUT2D eigenvalue weighted by atomic mass is 32.1. The molecule has 0 aliphatic carbocycles. The first kappa shape index (κ1) is 25.1. The predicted molar refractivity (Wildman–Crippen MR) is 140 cm³/mol. The monoisotopic (exact) mass is 490 g/mol. The lowest BCUT2D eigenvalue weighted by atomic mass is 10.1. The molecule has 35 heavy (non-hydrogen) atoms. The van der Waals surface area contributed by atoms with Crippen LogP contribution >= 0.6 is 11.3 Å². The maximum atomic E-state index is 13.6. The fourth-order valence-electron chi connectivity index (χ4n) is 4.38. The third-order valence-corrected chi connectivity index (χ3v) is 7.48. The molecule has 3 aromatic rings. The van der Waals surface area contributed by atoms with Crippen LogP contribution in [0.3, 0.4) is 0 Å². The van der Waals surface area contributed by atoms with Crippen molar-refractivity contribution in [1.29, 1.82) is 0 Å². The van der Waals surface area contributed by atoms with Crippen molar-refractivity contribution in [3.05, 3.63) is 93.7 Å². The summed E-state index contributed by atoms with van der Waals surface area (Å²) in [5.41, 5.74) is 3.40. The van der Waals surface area contributed by atoms with Crippen LogP contribution in [0.2, 0.25) is 0 Å². The van der Waals surface area contributed by atoms with Crippen LogP contribution in [0.1, 0.15) is 40.8 Å². The number of amides is 2. The number of hydrogen-bond acceptors (Lipinski definition) is 4. The minimum atomic E-state index is -0.0345. The second-order valence-corrected chi connectivity index (χ2v) is 10.2. The highest BCUT2D eigenvalue weighted by molar-refractivity contribution is 7.10. The van der Waals surface area contributed by atoms with E-state index < -0.39 is 0 Å². The van der Waals surface area contributed by atoms with Crippen molar-refractivity contribution in [2.45, 2.75) is 51.8 Å². The summed E-state index contributed by atoms with van der Waals surface area (Å²) in [5.74, 6) is -0.0302. The van der Waals surface area contributed by atoms with Crippen molar-refractivity contribution in [3.63, 3.8) is 0 Å². The maximum absolute atomic E-state index is 13.6. The molecule has 2 aromatic carbocycles. The van der Waals surface area contributed by atoms with Gasteiger partial charge < -0.3 is 14.5 Å². The zero-order chi connectivity index (χ0) is 24.5. The number of nitrogens with zero attached hydrogens (tertiary/aromatic N) is 2. The Morgan fingerprint density at radius 3 is 2.26 bits per heavy atom. The highest BCUT2D eigenvalue weighted by Crippen LogP contribution is 2.20. The molecule has 0 bridgehead atoms. The second kappa shape index (κ2) is 12.7. The van der Waals surface area contributed by atoms with E-state index in [-0.39, 0.29) is 24.5 Å². The topological polar surface area (TPSA) is 49.9 Å². The van der Waals surface area contributed by atoms with Gasteiger partial charge in [0.1, 0.15) is 0 Å². The summed E-state index contributed by atoms with van der Waals surface area (Å²) in [7, 11) is 0. The van der Waals surface area contributed by atoms with Crippen LogP contribution in [0.25, 0.3) is 0 Å². The van der Waals surface area contributed by atoms with Crippen molar-refractivity contribution >= 4 is 23.2 Å². The van der Waals surface area contributed by atoms with Gasteiger partial charge in [0.25, 0.3) is 0 Å². The second-order valence-electron chi connectivity index (χ2n) is 9.16. The van der Waals surface area contributed by atoms with E-state index in [1.165, 1.54) is 10.4 Å². The van der Waals surface area contributed by atoms with Crippen LogP contribution in [0.15, 0.2) is 72.1 Å². The van der Waals surface area contributed by atoms with Gasteiger partial charge in [-0.1, -0.05) is 60.7 Å². The number of rotatable bonds is 11. The average Bonchev–Trinajstić information content (AvgIpc) is 3.54. The van der Waals surface area contributed by atoms with Gasteiger partial charge in [-0.25, -0.2) is 0 Å². The van der Waals surface area contributed by atoms with Gasteiger partial charge in [0.05, 0.1) is 19.2 Å². The number of carbonyl (C=O) groups is 2. The lowest BCUT2D eigenvalue weighted by Crippen LogP contribution is -2.45. The number of carbonyl (C=O) groups excluding carboxylic acids is 2. The molecule has 5 nitrogen and oxygen atoms in total. The number of benzene rings is 2. The van der Waals surface area contributed by atoms with E-state index in [1.807, 2.05) is 65.6 Å². The van der Waals surface area contributed by atoms with E-state index in [9.17, 15) is 9.59 Å². The van der Waals surface area contributed by atoms with E-state index in [1.54, 1.807) is 16.2 Å².